The lowest BCUT2D eigenvalue weighted by Crippen LogP contribution is -2.59. The molecule has 3 N–H and O–H groups in total. The highest BCUT2D eigenvalue weighted by Crippen LogP contribution is 2.13. The fourth-order valence-corrected chi connectivity index (χ4v) is 2.73. The summed E-state index contributed by atoms with van der Waals surface area (Å²) in [4.78, 5) is 27.7. The maximum Gasteiger partial charge on any atom is 0.321 e. The molecule has 1 aliphatic rings. The minimum absolute atomic E-state index is 0.201. The van der Waals surface area contributed by atoms with E-state index in [1.54, 1.807) is 13.8 Å². The lowest BCUT2D eigenvalue weighted by Gasteiger charge is -2.42. The molecule has 7 heteroatoms. The van der Waals surface area contributed by atoms with Crippen LogP contribution in [0, 0.1) is 0 Å². The summed E-state index contributed by atoms with van der Waals surface area (Å²) in [6.07, 6.45) is -0.345. The third-order valence-electron chi connectivity index (χ3n) is 3.74. The number of nitrogens with zero attached hydrogens (tertiary/aromatic N) is 2. The Kier molecular flexibility index (Phi) is 7.07. The van der Waals surface area contributed by atoms with Crippen molar-refractivity contribution in [3.05, 3.63) is 0 Å². The molecule has 122 valence electrons. The van der Waals surface area contributed by atoms with Gasteiger partial charge < -0.3 is 10.4 Å². The Hall–Kier alpha value is -1.18. The van der Waals surface area contributed by atoms with Crippen molar-refractivity contribution in [2.45, 2.75) is 45.9 Å². The predicted molar refractivity (Wildman–Crippen MR) is 81.0 cm³/mol. The first-order chi connectivity index (χ1) is 9.85. The maximum atomic E-state index is 12.1. The Bertz CT molecular complexity index is 362. The zero-order valence-corrected chi connectivity index (χ0v) is 13.4. The van der Waals surface area contributed by atoms with Crippen LogP contribution in [-0.4, -0.2) is 77.8 Å². The van der Waals surface area contributed by atoms with Gasteiger partial charge in [0.1, 0.15) is 0 Å². The Morgan fingerprint density at radius 1 is 1.33 bits per heavy atom. The number of imide groups is 1. The van der Waals surface area contributed by atoms with Crippen molar-refractivity contribution in [3.63, 3.8) is 0 Å². The van der Waals surface area contributed by atoms with E-state index in [0.717, 1.165) is 19.6 Å². The second kappa shape index (κ2) is 8.31. The van der Waals surface area contributed by atoms with Crippen molar-refractivity contribution in [2.75, 3.05) is 32.7 Å². The van der Waals surface area contributed by atoms with Gasteiger partial charge in [0.05, 0.1) is 12.1 Å². The van der Waals surface area contributed by atoms with Gasteiger partial charge in [0, 0.05) is 38.8 Å². The molecule has 21 heavy (non-hydrogen) atoms. The Morgan fingerprint density at radius 2 is 2.00 bits per heavy atom. The van der Waals surface area contributed by atoms with Gasteiger partial charge in [-0.25, -0.2) is 4.79 Å². The average molecular weight is 300 g/mol. The monoisotopic (exact) mass is 300 g/mol. The number of amides is 3. The van der Waals surface area contributed by atoms with E-state index in [0.29, 0.717) is 13.1 Å². The van der Waals surface area contributed by atoms with Crippen molar-refractivity contribution in [1.29, 1.82) is 0 Å². The van der Waals surface area contributed by atoms with Crippen LogP contribution in [0.4, 0.5) is 4.79 Å². The van der Waals surface area contributed by atoms with Gasteiger partial charge in [-0.15, -0.1) is 0 Å². The van der Waals surface area contributed by atoms with E-state index in [4.69, 9.17) is 0 Å². The van der Waals surface area contributed by atoms with Gasteiger partial charge in [-0.2, -0.15) is 0 Å². The quantitative estimate of drug-likeness (QED) is 0.644. The first-order valence-electron chi connectivity index (χ1n) is 7.60. The molecule has 0 aromatic carbocycles. The number of hydrogen-bond acceptors (Lipinski definition) is 5. The van der Waals surface area contributed by atoms with Gasteiger partial charge >= 0.3 is 6.03 Å². The number of aliphatic hydroxyl groups is 1. The van der Waals surface area contributed by atoms with E-state index in [2.05, 4.69) is 27.4 Å². The summed E-state index contributed by atoms with van der Waals surface area (Å²) in [5.74, 6) is -0.281. The number of urea groups is 1. The summed E-state index contributed by atoms with van der Waals surface area (Å²) >= 11 is 0. The van der Waals surface area contributed by atoms with Crippen LogP contribution in [0.5, 0.6) is 0 Å². The van der Waals surface area contributed by atoms with Gasteiger partial charge in [0.15, 0.2) is 0 Å². The lowest BCUT2D eigenvalue weighted by atomic mass is 10.1. The second-order valence-corrected chi connectivity index (χ2v) is 5.72. The molecule has 1 heterocycles. The molecule has 0 radical (unpaired) electrons. The average Bonchev–Trinajstić information content (AvgIpc) is 2.37. The number of hydrogen-bond donors (Lipinski definition) is 3. The largest absolute Gasteiger partial charge is 0.392 e. The maximum absolute atomic E-state index is 12.1. The number of nitrogens with one attached hydrogen (secondary N) is 2. The highest BCUT2D eigenvalue weighted by Gasteiger charge is 2.31. The molecule has 3 atom stereocenters. The summed E-state index contributed by atoms with van der Waals surface area (Å²) < 4.78 is 0. The van der Waals surface area contributed by atoms with E-state index in [1.165, 1.54) is 0 Å². The van der Waals surface area contributed by atoms with Crippen LogP contribution in [0.3, 0.4) is 0 Å². The van der Waals surface area contributed by atoms with E-state index in [1.807, 2.05) is 6.92 Å². The predicted octanol–water partition coefficient (Wildman–Crippen LogP) is -0.392. The molecule has 1 rings (SSSR count). The molecule has 0 saturated carbocycles. The minimum atomic E-state index is -0.449. The van der Waals surface area contributed by atoms with E-state index < -0.39 is 6.03 Å². The topological polar surface area (TPSA) is 84.9 Å². The SMILES string of the molecule is CCNC(=O)NC(=O)[C@H](C)N1CCN(C[C@@H](C)O)C[C@@H]1C. The third kappa shape index (κ3) is 5.61. The zero-order valence-electron chi connectivity index (χ0n) is 13.4. The van der Waals surface area contributed by atoms with Crippen LogP contribution in [0.25, 0.3) is 0 Å². The Labute approximate surface area is 126 Å². The molecular formula is C14H28N4O3. The highest BCUT2D eigenvalue weighted by molar-refractivity contribution is 5.96. The van der Waals surface area contributed by atoms with Crippen molar-refractivity contribution >= 4 is 11.9 Å². The van der Waals surface area contributed by atoms with Crippen LogP contribution in [0.1, 0.15) is 27.7 Å². The van der Waals surface area contributed by atoms with E-state index >= 15 is 0 Å². The van der Waals surface area contributed by atoms with Crippen molar-refractivity contribution in [2.24, 2.45) is 0 Å². The Morgan fingerprint density at radius 3 is 2.52 bits per heavy atom. The fraction of sp³-hybridized carbons (Fsp3) is 0.857. The van der Waals surface area contributed by atoms with Crippen LogP contribution in [-0.2, 0) is 4.79 Å². The van der Waals surface area contributed by atoms with Crippen LogP contribution >= 0.6 is 0 Å². The molecule has 1 fully saturated rings. The number of β-amino-alcohol motifs (C(OH)–C–C–N with tert-alkyl or cyclic N) is 1. The number of aliphatic hydroxyl groups excluding tert-OH is 1. The van der Waals surface area contributed by atoms with E-state index in [-0.39, 0.29) is 24.1 Å². The molecule has 0 aromatic rings. The number of piperazine rings is 1. The van der Waals surface area contributed by atoms with E-state index in [9.17, 15) is 14.7 Å². The molecular weight excluding hydrogens is 272 g/mol. The van der Waals surface area contributed by atoms with Crippen LogP contribution in [0.15, 0.2) is 0 Å². The fourth-order valence-electron chi connectivity index (χ4n) is 2.73. The van der Waals surface area contributed by atoms with Crippen molar-refractivity contribution in [3.8, 4) is 0 Å². The summed E-state index contributed by atoms with van der Waals surface area (Å²) in [6.45, 7) is 11.0. The normalized spacial score (nSPS) is 23.4. The van der Waals surface area contributed by atoms with Crippen molar-refractivity contribution in [1.82, 2.24) is 20.4 Å². The highest BCUT2D eigenvalue weighted by atomic mass is 16.3. The molecule has 1 aliphatic heterocycles. The molecule has 1 saturated heterocycles. The summed E-state index contributed by atoms with van der Waals surface area (Å²) in [5, 5.41) is 14.3. The molecule has 0 spiro atoms. The molecule has 0 bridgehead atoms. The molecule has 0 aromatic heterocycles. The number of carbonyl (C=O) groups is 2. The molecule has 0 unspecified atom stereocenters. The van der Waals surface area contributed by atoms with Gasteiger partial charge in [0.25, 0.3) is 0 Å². The Balaban J connectivity index is 2.49. The van der Waals surface area contributed by atoms with Gasteiger partial charge in [-0.05, 0) is 27.7 Å². The number of carbonyl (C=O) groups excluding carboxylic acids is 2. The smallest absolute Gasteiger partial charge is 0.321 e. The lowest BCUT2D eigenvalue weighted by molar-refractivity contribution is -0.126. The molecule has 0 aliphatic carbocycles. The van der Waals surface area contributed by atoms with Gasteiger partial charge in [0.2, 0.25) is 5.91 Å². The molecule has 7 nitrogen and oxygen atoms in total. The van der Waals surface area contributed by atoms with Gasteiger partial charge in [-0.1, -0.05) is 0 Å². The first kappa shape index (κ1) is 17.9. The van der Waals surface area contributed by atoms with Gasteiger partial charge in [-0.3, -0.25) is 19.9 Å². The summed E-state index contributed by atoms with van der Waals surface area (Å²) in [6, 6.07) is -0.599. The summed E-state index contributed by atoms with van der Waals surface area (Å²) in [5.41, 5.74) is 0. The van der Waals surface area contributed by atoms with Crippen LogP contribution < -0.4 is 10.6 Å². The standard InChI is InChI=1S/C14H28N4O3/c1-5-15-14(21)16-13(20)12(4)18-7-6-17(8-10(18)2)9-11(3)19/h10-12,19H,5-9H2,1-4H3,(H2,15,16,20,21)/t10-,11+,12-/m0/s1. The first-order valence-corrected chi connectivity index (χ1v) is 7.60. The molecule has 3 amide bonds. The zero-order chi connectivity index (χ0) is 16.0. The third-order valence-corrected chi connectivity index (χ3v) is 3.74. The second-order valence-electron chi connectivity index (χ2n) is 5.72. The summed E-state index contributed by atoms with van der Waals surface area (Å²) in [7, 11) is 0. The minimum Gasteiger partial charge on any atom is -0.392 e. The van der Waals surface area contributed by atoms with Crippen LogP contribution in [0.2, 0.25) is 0 Å². The van der Waals surface area contributed by atoms with Crippen molar-refractivity contribution < 1.29 is 14.7 Å². The number of rotatable bonds is 5.